The van der Waals surface area contributed by atoms with Gasteiger partial charge in [0.2, 0.25) is 0 Å². The number of imidazole rings is 1. The summed E-state index contributed by atoms with van der Waals surface area (Å²) in [5.74, 6) is 0.232. The van der Waals surface area contributed by atoms with Crippen LogP contribution >= 0.6 is 0 Å². The quantitative estimate of drug-likeness (QED) is 0.808. The fourth-order valence-corrected chi connectivity index (χ4v) is 2.95. The summed E-state index contributed by atoms with van der Waals surface area (Å²) in [7, 11) is 1.41. The number of esters is 1. The molecule has 1 aromatic heterocycles. The van der Waals surface area contributed by atoms with Crippen LogP contribution in [0.1, 0.15) is 37.5 Å². The lowest BCUT2D eigenvalue weighted by molar-refractivity contribution is -0.144. The van der Waals surface area contributed by atoms with E-state index in [1.54, 1.807) is 6.07 Å². The number of hydrogen-bond donors (Lipinski definition) is 0. The number of ether oxygens (including phenoxy) is 1. The van der Waals surface area contributed by atoms with Crippen LogP contribution in [0.15, 0.2) is 18.2 Å². The highest BCUT2D eigenvalue weighted by molar-refractivity contribution is 5.87. The van der Waals surface area contributed by atoms with Crippen molar-refractivity contribution in [1.29, 1.82) is 0 Å². The van der Waals surface area contributed by atoms with Crippen LogP contribution in [0, 0.1) is 5.82 Å². The molecule has 104 valence electrons. The lowest BCUT2D eigenvalue weighted by atomic mass is 10.1. The Kier molecular flexibility index (Phi) is 2.26. The predicted molar refractivity (Wildman–Crippen MR) is 70.9 cm³/mol. The second-order valence-corrected chi connectivity index (χ2v) is 5.74. The van der Waals surface area contributed by atoms with Gasteiger partial charge in [-0.1, -0.05) is 0 Å². The van der Waals surface area contributed by atoms with Crippen molar-refractivity contribution in [3.05, 3.63) is 29.8 Å². The predicted octanol–water partition coefficient (Wildman–Crippen LogP) is 2.71. The standard InChI is InChI=1S/C15H15FN2O2/c1-20-14(19)15(6-7-15)13-17-11-8-9(16)2-5-12(11)18(13)10-3-4-10/h2,5,8,10H,3-4,6-7H2,1H3. The summed E-state index contributed by atoms with van der Waals surface area (Å²) < 4.78 is 20.5. The van der Waals surface area contributed by atoms with Crippen molar-refractivity contribution in [3.63, 3.8) is 0 Å². The second-order valence-electron chi connectivity index (χ2n) is 5.74. The molecule has 0 bridgehead atoms. The smallest absolute Gasteiger partial charge is 0.319 e. The van der Waals surface area contributed by atoms with Gasteiger partial charge in [0.1, 0.15) is 17.1 Å². The van der Waals surface area contributed by atoms with Gasteiger partial charge in [-0.2, -0.15) is 0 Å². The van der Waals surface area contributed by atoms with E-state index in [9.17, 15) is 9.18 Å². The summed E-state index contributed by atoms with van der Waals surface area (Å²) in [4.78, 5) is 16.6. The van der Waals surface area contributed by atoms with Crippen molar-refractivity contribution in [2.24, 2.45) is 0 Å². The van der Waals surface area contributed by atoms with Crippen LogP contribution in [-0.4, -0.2) is 22.6 Å². The fourth-order valence-electron chi connectivity index (χ4n) is 2.95. The zero-order chi connectivity index (χ0) is 13.9. The topological polar surface area (TPSA) is 44.1 Å². The minimum atomic E-state index is -0.604. The summed E-state index contributed by atoms with van der Waals surface area (Å²) in [6, 6.07) is 5.03. The third-order valence-corrected chi connectivity index (χ3v) is 4.32. The zero-order valence-corrected chi connectivity index (χ0v) is 11.2. The first-order valence-electron chi connectivity index (χ1n) is 6.92. The van der Waals surface area contributed by atoms with Gasteiger partial charge in [-0.25, -0.2) is 9.37 Å². The van der Waals surface area contributed by atoms with Crippen molar-refractivity contribution >= 4 is 17.0 Å². The molecule has 2 fully saturated rings. The van der Waals surface area contributed by atoms with Crippen LogP contribution in [0.5, 0.6) is 0 Å². The van der Waals surface area contributed by atoms with Gasteiger partial charge in [-0.05, 0) is 37.8 Å². The Balaban J connectivity index is 1.95. The van der Waals surface area contributed by atoms with E-state index >= 15 is 0 Å². The third kappa shape index (κ3) is 1.52. The summed E-state index contributed by atoms with van der Waals surface area (Å²) in [6.07, 6.45) is 3.70. The van der Waals surface area contributed by atoms with Gasteiger partial charge >= 0.3 is 5.97 Å². The molecular weight excluding hydrogens is 259 g/mol. The molecule has 0 saturated heterocycles. The molecule has 0 N–H and O–H groups in total. The van der Waals surface area contributed by atoms with E-state index in [1.807, 2.05) is 0 Å². The summed E-state index contributed by atoms with van der Waals surface area (Å²) in [6.45, 7) is 0. The largest absolute Gasteiger partial charge is 0.468 e. The van der Waals surface area contributed by atoms with E-state index < -0.39 is 5.41 Å². The lowest BCUT2D eigenvalue weighted by Gasteiger charge is -2.15. The SMILES string of the molecule is COC(=O)C1(c2nc3cc(F)ccc3n2C2CC2)CC1. The molecular formula is C15H15FN2O2. The van der Waals surface area contributed by atoms with E-state index in [2.05, 4.69) is 9.55 Å². The molecule has 0 spiro atoms. The van der Waals surface area contributed by atoms with Gasteiger partial charge in [-0.3, -0.25) is 4.79 Å². The van der Waals surface area contributed by atoms with E-state index in [1.165, 1.54) is 19.2 Å². The first kappa shape index (κ1) is 11.9. The number of carbonyl (C=O) groups excluding carboxylic acids is 1. The highest BCUT2D eigenvalue weighted by Crippen LogP contribution is 2.52. The van der Waals surface area contributed by atoms with Crippen molar-refractivity contribution in [2.75, 3.05) is 7.11 Å². The van der Waals surface area contributed by atoms with Crippen LogP contribution in [-0.2, 0) is 14.9 Å². The molecule has 0 unspecified atom stereocenters. The molecule has 5 heteroatoms. The number of aromatic nitrogens is 2. The van der Waals surface area contributed by atoms with Gasteiger partial charge < -0.3 is 9.30 Å². The number of halogens is 1. The molecule has 4 nitrogen and oxygen atoms in total. The number of fused-ring (bicyclic) bond motifs is 1. The molecule has 2 aliphatic carbocycles. The normalized spacial score (nSPS) is 20.1. The summed E-state index contributed by atoms with van der Waals surface area (Å²) >= 11 is 0. The van der Waals surface area contributed by atoms with Crippen LogP contribution in [0.4, 0.5) is 4.39 Å². The second kappa shape index (κ2) is 3.81. The van der Waals surface area contributed by atoms with Gasteiger partial charge in [0.15, 0.2) is 0 Å². The average Bonchev–Trinajstić information content (AvgIpc) is 3.35. The number of methoxy groups -OCH3 is 1. The molecule has 4 rings (SSSR count). The molecule has 20 heavy (non-hydrogen) atoms. The van der Waals surface area contributed by atoms with Crippen LogP contribution < -0.4 is 0 Å². The van der Waals surface area contributed by atoms with Crippen LogP contribution in [0.3, 0.4) is 0 Å². The first-order chi connectivity index (χ1) is 9.65. The Morgan fingerprint density at radius 1 is 1.45 bits per heavy atom. The van der Waals surface area contributed by atoms with E-state index in [0.29, 0.717) is 11.6 Å². The molecule has 0 radical (unpaired) electrons. The van der Waals surface area contributed by atoms with Gasteiger partial charge in [0.25, 0.3) is 0 Å². The Morgan fingerprint density at radius 3 is 2.80 bits per heavy atom. The molecule has 2 aromatic rings. The highest BCUT2D eigenvalue weighted by Gasteiger charge is 2.57. The highest BCUT2D eigenvalue weighted by atomic mass is 19.1. The van der Waals surface area contributed by atoms with E-state index in [0.717, 1.165) is 37.0 Å². The Labute approximate surface area is 115 Å². The van der Waals surface area contributed by atoms with Crippen molar-refractivity contribution < 1.29 is 13.9 Å². The summed E-state index contributed by atoms with van der Waals surface area (Å²) in [5, 5.41) is 0. The Morgan fingerprint density at radius 2 is 2.20 bits per heavy atom. The van der Waals surface area contributed by atoms with Gasteiger partial charge in [0, 0.05) is 12.1 Å². The number of hydrogen-bond acceptors (Lipinski definition) is 3. The molecule has 0 amide bonds. The Hall–Kier alpha value is -1.91. The molecule has 1 aromatic carbocycles. The molecule has 0 atom stereocenters. The minimum Gasteiger partial charge on any atom is -0.468 e. The zero-order valence-electron chi connectivity index (χ0n) is 11.2. The van der Waals surface area contributed by atoms with Crippen molar-refractivity contribution in [1.82, 2.24) is 9.55 Å². The lowest BCUT2D eigenvalue weighted by Crippen LogP contribution is -2.26. The fraction of sp³-hybridized carbons (Fsp3) is 0.467. The molecule has 1 heterocycles. The van der Waals surface area contributed by atoms with Crippen molar-refractivity contribution in [2.45, 2.75) is 37.1 Å². The number of nitrogens with zero attached hydrogens (tertiary/aromatic N) is 2. The van der Waals surface area contributed by atoms with Crippen LogP contribution in [0.25, 0.3) is 11.0 Å². The van der Waals surface area contributed by atoms with Gasteiger partial charge in [-0.15, -0.1) is 0 Å². The summed E-state index contributed by atoms with van der Waals surface area (Å²) in [5.41, 5.74) is 0.938. The maximum Gasteiger partial charge on any atom is 0.319 e. The monoisotopic (exact) mass is 274 g/mol. The van der Waals surface area contributed by atoms with E-state index in [4.69, 9.17) is 4.74 Å². The van der Waals surface area contributed by atoms with Crippen molar-refractivity contribution in [3.8, 4) is 0 Å². The average molecular weight is 274 g/mol. The Bertz CT molecular complexity index is 714. The van der Waals surface area contributed by atoms with Gasteiger partial charge in [0.05, 0.1) is 18.1 Å². The maximum atomic E-state index is 13.4. The molecule has 2 saturated carbocycles. The van der Waals surface area contributed by atoms with E-state index in [-0.39, 0.29) is 11.8 Å². The molecule has 2 aliphatic rings. The maximum absolute atomic E-state index is 13.4. The number of carbonyl (C=O) groups is 1. The van der Waals surface area contributed by atoms with Crippen LogP contribution in [0.2, 0.25) is 0 Å². The number of rotatable bonds is 3. The third-order valence-electron chi connectivity index (χ3n) is 4.32. The minimum absolute atomic E-state index is 0.227. The molecule has 0 aliphatic heterocycles. The first-order valence-corrected chi connectivity index (χ1v) is 6.92. The number of benzene rings is 1.